The second kappa shape index (κ2) is 55.3. The van der Waals surface area contributed by atoms with Crippen molar-refractivity contribution in [3.8, 4) is 0 Å². The average Bonchev–Trinajstić information content (AvgIpc) is 3.17. The average molecular weight is 851 g/mol. The van der Waals surface area contributed by atoms with E-state index < -0.39 is 15.8 Å². The number of benzene rings is 4. The molecule has 0 saturated heterocycles. The Morgan fingerprint density at radius 3 is 0.609 bits per heavy atom. The topological polar surface area (TPSA) is 139 Å². The third-order valence-electron chi connectivity index (χ3n) is 4.55. The van der Waals surface area contributed by atoms with E-state index >= 15 is 0 Å². The van der Waals surface area contributed by atoms with Gasteiger partial charge >= 0.3 is 79.1 Å². The predicted molar refractivity (Wildman–Crippen MR) is 165 cm³/mol. The fraction of sp³-hybridized carbons (Fsp3) is 0.0303. The molecular formula is C33H24BrCo3O7P2-. The monoisotopic (exact) mass is 850 g/mol. The van der Waals surface area contributed by atoms with Crippen LogP contribution in [0.2, 0.25) is 0 Å². The van der Waals surface area contributed by atoms with Gasteiger partial charge in [-0.3, -0.25) is 5.83 Å². The summed E-state index contributed by atoms with van der Waals surface area (Å²) in [6.45, 7) is 31.5. The van der Waals surface area contributed by atoms with Gasteiger partial charge in [-0.2, -0.15) is 0 Å². The summed E-state index contributed by atoms with van der Waals surface area (Å²) < 4.78 is 52.5. The molecule has 0 atom stereocenters. The molecule has 4 rings (SSSR count). The van der Waals surface area contributed by atoms with Crippen molar-refractivity contribution in [2.75, 3.05) is 5.90 Å². The van der Waals surface area contributed by atoms with Gasteiger partial charge in [0.1, 0.15) is 0 Å². The Bertz CT molecular complexity index is 1070. The Balaban J connectivity index is -0.000000112. The molecule has 0 bridgehead atoms. The molecular weight excluding hydrogens is 827 g/mol. The molecule has 0 aliphatic carbocycles. The predicted octanol–water partition coefficient (Wildman–Crippen LogP) is 6.11. The van der Waals surface area contributed by atoms with Gasteiger partial charge in [-0.25, -0.2) is 0 Å². The van der Waals surface area contributed by atoms with Crippen LogP contribution in [-0.4, -0.2) is 5.90 Å². The van der Waals surface area contributed by atoms with Crippen LogP contribution in [0.1, 0.15) is 0 Å². The van der Waals surface area contributed by atoms with E-state index in [1.54, 1.807) is 0 Å². The van der Waals surface area contributed by atoms with Gasteiger partial charge in [0.25, 0.3) is 0 Å². The molecule has 0 amide bonds. The maximum Gasteiger partial charge on any atom is 0.00405 e. The van der Waals surface area contributed by atoms with Gasteiger partial charge < -0.3 is 15.9 Å². The summed E-state index contributed by atoms with van der Waals surface area (Å²) in [4.78, 5) is 0. The molecule has 4 aromatic rings. The quantitative estimate of drug-likeness (QED) is 0.126. The molecule has 0 heterocycles. The Hall–Kier alpha value is -2.08. The van der Waals surface area contributed by atoms with E-state index in [-0.39, 0.29) is 50.3 Å². The third-order valence-corrected chi connectivity index (χ3v) is 10.5. The zero-order valence-electron chi connectivity index (χ0n) is 23.6. The number of hydrogen-bond donors (Lipinski definition) is 0. The molecule has 0 spiro atoms. The molecule has 7 nitrogen and oxygen atoms in total. The third kappa shape index (κ3) is 28.2. The van der Waals surface area contributed by atoms with Crippen LogP contribution in [0.5, 0.6) is 0 Å². The molecule has 4 aromatic carbocycles. The van der Waals surface area contributed by atoms with E-state index in [4.69, 9.17) is 32.6 Å². The molecule has 0 fully saturated rings. The molecule has 0 aromatic heterocycles. The first-order valence-corrected chi connectivity index (χ1v) is 15.0. The molecule has 3 radical (unpaired) electrons. The SMILES string of the molecule is [C-]#[O+].[C-]#[O+].[C-]#[O+].[C-]#[O+].[C-]#[O+].[C-]#[O+].[C-]#[O+].[CH2-]Br.[Co].[Co].[Co].c1ccc(P(CP(c2ccccc2)c2ccccc2)c2ccccc2)cc1. The summed E-state index contributed by atoms with van der Waals surface area (Å²) in [6, 6.07) is 44.1. The first kappa shape index (κ1) is 62.7. The summed E-state index contributed by atoms with van der Waals surface area (Å²) >= 11 is 2.69. The minimum Gasteiger partial charge on any atom is -0.323 e. The fourth-order valence-corrected chi connectivity index (χ4v) is 9.67. The summed E-state index contributed by atoms with van der Waals surface area (Å²) in [6.07, 6.45) is 0. The Morgan fingerprint density at radius 2 is 0.478 bits per heavy atom. The molecule has 13 heteroatoms. The Kier molecular flexibility index (Phi) is 75.4. The van der Waals surface area contributed by atoms with Crippen LogP contribution in [0.3, 0.4) is 0 Å². The molecule has 0 aliphatic rings. The summed E-state index contributed by atoms with van der Waals surface area (Å²) in [7, 11) is -0.817. The van der Waals surface area contributed by atoms with E-state index in [0.29, 0.717) is 0 Å². The van der Waals surface area contributed by atoms with E-state index in [0.717, 1.165) is 0 Å². The van der Waals surface area contributed by atoms with Crippen molar-refractivity contribution in [1.82, 2.24) is 0 Å². The number of hydrogen-bond acceptors (Lipinski definition) is 0. The van der Waals surface area contributed by atoms with Crippen LogP contribution < -0.4 is 21.2 Å². The van der Waals surface area contributed by atoms with Crippen LogP contribution in [0.4, 0.5) is 0 Å². The van der Waals surface area contributed by atoms with Gasteiger partial charge in [0.15, 0.2) is 0 Å². The molecule has 0 unspecified atom stereocenters. The zero-order valence-corrected chi connectivity index (χ0v) is 30.1. The number of rotatable bonds is 6. The van der Waals surface area contributed by atoms with Gasteiger partial charge in [-0.15, -0.1) is 0 Å². The van der Waals surface area contributed by atoms with Gasteiger partial charge in [-0.05, 0) is 37.1 Å². The standard InChI is InChI=1S/C25H22P2.CH2Br.7CO.3Co/c1-5-13-22(14-6-1)26(23-15-7-2-8-16-23)21-27(24-17-9-3-10-18-24)25-19-11-4-12-20-25;8*1-2;;;/h1-20H,21H2;1H2;;;;;;;;;;/q;-1;;;;;;;;;;. The maximum absolute atomic E-state index is 7.50. The summed E-state index contributed by atoms with van der Waals surface area (Å²) in [5.41, 5.74) is 0. The van der Waals surface area contributed by atoms with Crippen LogP contribution in [-0.2, 0) is 82.9 Å². The molecule has 46 heavy (non-hydrogen) atoms. The second-order valence-corrected chi connectivity index (χ2v) is 11.2. The minimum absolute atomic E-state index is 0. The fourth-order valence-electron chi connectivity index (χ4n) is 3.20. The van der Waals surface area contributed by atoms with Gasteiger partial charge in [0, 0.05) is 56.2 Å². The van der Waals surface area contributed by atoms with E-state index in [2.05, 4.69) is 190 Å². The normalized spacial score (nSPS) is 6.91. The van der Waals surface area contributed by atoms with Crippen molar-refractivity contribution in [2.24, 2.45) is 0 Å². The summed E-state index contributed by atoms with van der Waals surface area (Å²) in [5.74, 6) is 4.24. The van der Waals surface area contributed by atoms with Crippen molar-refractivity contribution in [2.45, 2.75) is 0 Å². The number of halogens is 1. The van der Waals surface area contributed by atoms with Crippen LogP contribution >= 0.6 is 31.8 Å². The van der Waals surface area contributed by atoms with Crippen molar-refractivity contribution < 1.29 is 82.9 Å². The van der Waals surface area contributed by atoms with Crippen molar-refractivity contribution in [3.05, 3.63) is 174 Å². The van der Waals surface area contributed by atoms with Crippen molar-refractivity contribution in [1.29, 1.82) is 0 Å². The Labute approximate surface area is 313 Å². The smallest absolute Gasteiger partial charge is 0.00405 e. The van der Waals surface area contributed by atoms with Crippen molar-refractivity contribution >= 4 is 53.0 Å². The van der Waals surface area contributed by atoms with E-state index in [1.807, 2.05) is 0 Å². The Morgan fingerprint density at radius 1 is 0.348 bits per heavy atom. The zero-order chi connectivity index (χ0) is 34.3. The van der Waals surface area contributed by atoms with Crippen LogP contribution in [0, 0.1) is 52.4 Å². The van der Waals surface area contributed by atoms with Gasteiger partial charge in [0.2, 0.25) is 0 Å². The van der Waals surface area contributed by atoms with Crippen LogP contribution in [0.25, 0.3) is 0 Å². The van der Waals surface area contributed by atoms with Gasteiger partial charge in [0.05, 0.1) is 0 Å². The minimum atomic E-state index is -0.409. The summed E-state index contributed by atoms with van der Waals surface area (Å²) in [5, 5.41) is 5.83. The second-order valence-electron chi connectivity index (χ2n) is 6.34. The first-order chi connectivity index (χ1) is 21.4. The molecule has 0 saturated carbocycles. The first-order valence-electron chi connectivity index (χ1n) is 10.9. The van der Waals surface area contributed by atoms with E-state index in [1.165, 1.54) is 27.1 Å². The molecule has 0 N–H and O–H groups in total. The molecule has 0 aliphatic heterocycles. The van der Waals surface area contributed by atoms with Gasteiger partial charge in [-0.1, -0.05) is 121 Å². The van der Waals surface area contributed by atoms with Crippen molar-refractivity contribution in [3.63, 3.8) is 0 Å². The van der Waals surface area contributed by atoms with Crippen LogP contribution in [0.15, 0.2) is 121 Å². The van der Waals surface area contributed by atoms with E-state index in [9.17, 15) is 0 Å². The molecule has 243 valence electrons. The maximum atomic E-state index is 7.50. The largest absolute Gasteiger partial charge is 0.323 e.